The first kappa shape index (κ1) is 10.7. The Morgan fingerprint density at radius 2 is 2.00 bits per heavy atom. The number of hydrogen-bond donors (Lipinski definition) is 1. The van der Waals surface area contributed by atoms with Crippen molar-refractivity contribution in [1.82, 2.24) is 5.16 Å². The van der Waals surface area contributed by atoms with Gasteiger partial charge in [0.15, 0.2) is 0 Å². The van der Waals surface area contributed by atoms with Gasteiger partial charge in [0.1, 0.15) is 5.69 Å². The van der Waals surface area contributed by atoms with Crippen LogP contribution in [0, 0.1) is 6.92 Å². The zero-order chi connectivity index (χ0) is 11.7. The Bertz CT molecular complexity index is 500. The molecular formula is C13H16N2O. The van der Waals surface area contributed by atoms with E-state index in [1.165, 1.54) is 11.1 Å². The van der Waals surface area contributed by atoms with E-state index in [4.69, 9.17) is 10.3 Å². The molecule has 3 heteroatoms. The summed E-state index contributed by atoms with van der Waals surface area (Å²) in [6.07, 6.45) is 0. The van der Waals surface area contributed by atoms with Crippen LogP contribution >= 0.6 is 0 Å². The molecule has 3 nitrogen and oxygen atoms in total. The lowest BCUT2D eigenvalue weighted by atomic mass is 9.94. The smallest absolute Gasteiger partial charge is 0.222 e. The van der Waals surface area contributed by atoms with Crippen LogP contribution in [-0.2, 0) is 0 Å². The molecule has 0 atom stereocenters. The molecule has 0 radical (unpaired) electrons. The van der Waals surface area contributed by atoms with Crippen LogP contribution in [0.3, 0.4) is 0 Å². The minimum absolute atomic E-state index is 0.353. The van der Waals surface area contributed by atoms with E-state index < -0.39 is 0 Å². The highest BCUT2D eigenvalue weighted by molar-refractivity contribution is 5.66. The standard InChI is InChI=1S/C13H16N2O/c1-8(2)10-5-4-9(3)6-11(10)12-7-13(14)16-15-12/h4-8H,14H2,1-3H3. The summed E-state index contributed by atoms with van der Waals surface area (Å²) in [5, 5.41) is 3.97. The fraction of sp³-hybridized carbons (Fsp3) is 0.308. The van der Waals surface area contributed by atoms with Crippen LogP contribution in [-0.4, -0.2) is 5.16 Å². The quantitative estimate of drug-likeness (QED) is 0.837. The van der Waals surface area contributed by atoms with Crippen molar-refractivity contribution in [3.05, 3.63) is 35.4 Å². The van der Waals surface area contributed by atoms with Gasteiger partial charge in [0, 0.05) is 11.6 Å². The van der Waals surface area contributed by atoms with Gasteiger partial charge < -0.3 is 10.3 Å². The number of hydrogen-bond acceptors (Lipinski definition) is 3. The molecule has 0 saturated heterocycles. The number of benzene rings is 1. The largest absolute Gasteiger partial charge is 0.368 e. The first-order chi connectivity index (χ1) is 7.58. The molecule has 0 unspecified atom stereocenters. The van der Waals surface area contributed by atoms with E-state index in [2.05, 4.69) is 44.1 Å². The number of nitrogen functional groups attached to an aromatic ring is 1. The maximum atomic E-state index is 5.55. The minimum atomic E-state index is 0.353. The Kier molecular flexibility index (Phi) is 2.69. The summed E-state index contributed by atoms with van der Waals surface area (Å²) < 4.78 is 4.92. The van der Waals surface area contributed by atoms with Gasteiger partial charge in [-0.25, -0.2) is 0 Å². The molecule has 0 amide bonds. The number of aromatic nitrogens is 1. The molecule has 1 aromatic carbocycles. The van der Waals surface area contributed by atoms with Gasteiger partial charge in [0.2, 0.25) is 5.88 Å². The average molecular weight is 216 g/mol. The summed E-state index contributed by atoms with van der Waals surface area (Å²) in [4.78, 5) is 0. The zero-order valence-electron chi connectivity index (χ0n) is 9.82. The summed E-state index contributed by atoms with van der Waals surface area (Å²) in [7, 11) is 0. The molecule has 2 rings (SSSR count). The molecule has 0 saturated carbocycles. The summed E-state index contributed by atoms with van der Waals surface area (Å²) in [6.45, 7) is 6.40. The Morgan fingerprint density at radius 1 is 1.25 bits per heavy atom. The molecule has 1 heterocycles. The maximum absolute atomic E-state index is 5.55. The predicted octanol–water partition coefficient (Wildman–Crippen LogP) is 3.36. The molecule has 0 fully saturated rings. The van der Waals surface area contributed by atoms with Crippen LogP contribution in [0.1, 0.15) is 30.9 Å². The minimum Gasteiger partial charge on any atom is -0.368 e. The first-order valence-corrected chi connectivity index (χ1v) is 5.41. The SMILES string of the molecule is Cc1ccc(C(C)C)c(-c2cc(N)on2)c1. The van der Waals surface area contributed by atoms with Crippen LogP contribution in [0.15, 0.2) is 28.8 Å². The molecule has 0 aliphatic rings. The van der Waals surface area contributed by atoms with Gasteiger partial charge in [0.25, 0.3) is 0 Å². The number of aryl methyl sites for hydroxylation is 1. The first-order valence-electron chi connectivity index (χ1n) is 5.41. The van der Waals surface area contributed by atoms with Gasteiger partial charge in [-0.05, 0) is 24.5 Å². The second-order valence-electron chi connectivity index (χ2n) is 4.36. The molecule has 1 aromatic heterocycles. The lowest BCUT2D eigenvalue weighted by Gasteiger charge is -2.11. The Morgan fingerprint density at radius 3 is 2.56 bits per heavy atom. The third kappa shape index (κ3) is 1.94. The van der Waals surface area contributed by atoms with Crippen LogP contribution in [0.2, 0.25) is 0 Å². The Hall–Kier alpha value is -1.77. The van der Waals surface area contributed by atoms with E-state index in [0.717, 1.165) is 11.3 Å². The Balaban J connectivity index is 2.57. The Labute approximate surface area is 95.3 Å². The number of nitrogens with two attached hydrogens (primary N) is 1. The van der Waals surface area contributed by atoms with Gasteiger partial charge in [-0.15, -0.1) is 0 Å². The molecule has 2 aromatic rings. The molecule has 0 spiro atoms. The van der Waals surface area contributed by atoms with E-state index in [9.17, 15) is 0 Å². The van der Waals surface area contributed by atoms with Crippen LogP contribution in [0.4, 0.5) is 5.88 Å². The second kappa shape index (κ2) is 4.00. The van der Waals surface area contributed by atoms with Crippen LogP contribution in [0.25, 0.3) is 11.3 Å². The van der Waals surface area contributed by atoms with Gasteiger partial charge in [-0.2, -0.15) is 0 Å². The molecule has 84 valence electrons. The van der Waals surface area contributed by atoms with Crippen molar-refractivity contribution in [1.29, 1.82) is 0 Å². The van der Waals surface area contributed by atoms with Crippen molar-refractivity contribution in [2.45, 2.75) is 26.7 Å². The van der Waals surface area contributed by atoms with Crippen molar-refractivity contribution >= 4 is 5.88 Å². The highest BCUT2D eigenvalue weighted by Gasteiger charge is 2.12. The van der Waals surface area contributed by atoms with Crippen molar-refractivity contribution in [2.24, 2.45) is 0 Å². The molecule has 0 aliphatic carbocycles. The van der Waals surface area contributed by atoms with E-state index in [0.29, 0.717) is 11.8 Å². The zero-order valence-corrected chi connectivity index (χ0v) is 9.82. The number of nitrogens with zero attached hydrogens (tertiary/aromatic N) is 1. The second-order valence-corrected chi connectivity index (χ2v) is 4.36. The highest BCUT2D eigenvalue weighted by atomic mass is 16.5. The predicted molar refractivity (Wildman–Crippen MR) is 65.2 cm³/mol. The summed E-state index contributed by atoms with van der Waals surface area (Å²) >= 11 is 0. The van der Waals surface area contributed by atoms with Crippen molar-refractivity contribution in [2.75, 3.05) is 5.73 Å². The summed E-state index contributed by atoms with van der Waals surface area (Å²) in [6, 6.07) is 8.13. The fourth-order valence-electron chi connectivity index (χ4n) is 1.81. The molecule has 2 N–H and O–H groups in total. The maximum Gasteiger partial charge on any atom is 0.222 e. The lowest BCUT2D eigenvalue weighted by Crippen LogP contribution is -1.93. The fourth-order valence-corrected chi connectivity index (χ4v) is 1.81. The molecular weight excluding hydrogens is 200 g/mol. The van der Waals surface area contributed by atoms with E-state index in [-0.39, 0.29) is 0 Å². The molecule has 16 heavy (non-hydrogen) atoms. The van der Waals surface area contributed by atoms with E-state index >= 15 is 0 Å². The summed E-state index contributed by atoms with van der Waals surface area (Å²) in [5.41, 5.74) is 9.94. The highest BCUT2D eigenvalue weighted by Crippen LogP contribution is 2.30. The van der Waals surface area contributed by atoms with Gasteiger partial charge in [-0.3, -0.25) is 0 Å². The van der Waals surface area contributed by atoms with E-state index in [1.807, 2.05) is 0 Å². The number of rotatable bonds is 2. The van der Waals surface area contributed by atoms with Crippen molar-refractivity contribution in [3.8, 4) is 11.3 Å². The topological polar surface area (TPSA) is 52.0 Å². The summed E-state index contributed by atoms with van der Waals surface area (Å²) in [5.74, 6) is 0.805. The van der Waals surface area contributed by atoms with Crippen LogP contribution < -0.4 is 5.73 Å². The van der Waals surface area contributed by atoms with Gasteiger partial charge in [-0.1, -0.05) is 36.7 Å². The normalized spacial score (nSPS) is 11.0. The van der Waals surface area contributed by atoms with Gasteiger partial charge >= 0.3 is 0 Å². The van der Waals surface area contributed by atoms with Gasteiger partial charge in [0.05, 0.1) is 0 Å². The third-order valence-electron chi connectivity index (χ3n) is 2.64. The van der Waals surface area contributed by atoms with Crippen molar-refractivity contribution < 1.29 is 4.52 Å². The van der Waals surface area contributed by atoms with Crippen LogP contribution in [0.5, 0.6) is 0 Å². The van der Waals surface area contributed by atoms with E-state index in [1.54, 1.807) is 6.07 Å². The lowest BCUT2D eigenvalue weighted by molar-refractivity contribution is 0.439. The third-order valence-corrected chi connectivity index (χ3v) is 2.64. The average Bonchev–Trinajstić information content (AvgIpc) is 2.64. The van der Waals surface area contributed by atoms with Crippen molar-refractivity contribution in [3.63, 3.8) is 0 Å². The molecule has 0 bridgehead atoms. The molecule has 0 aliphatic heterocycles. The number of anilines is 1. The monoisotopic (exact) mass is 216 g/mol.